The molecular formula is C48H24. The second-order valence-corrected chi connectivity index (χ2v) is 13.8. The number of hydrogen-bond acceptors (Lipinski definition) is 0. The molecule has 13 aromatic rings. The summed E-state index contributed by atoms with van der Waals surface area (Å²) in [7, 11) is 0. The minimum absolute atomic E-state index is 1.34. The van der Waals surface area contributed by atoms with Gasteiger partial charge < -0.3 is 0 Å². The van der Waals surface area contributed by atoms with Crippen LogP contribution in [0.3, 0.4) is 0 Å². The lowest BCUT2D eigenvalue weighted by Crippen LogP contribution is -1.99. The van der Waals surface area contributed by atoms with E-state index in [9.17, 15) is 0 Å². The molecule has 13 aromatic carbocycles. The average Bonchev–Trinajstić information content (AvgIpc) is 3.16. The Labute approximate surface area is 274 Å². The molecule has 0 N–H and O–H groups in total. The zero-order chi connectivity index (χ0) is 30.8. The van der Waals surface area contributed by atoms with Gasteiger partial charge in [-0.1, -0.05) is 146 Å². The molecule has 0 aliphatic carbocycles. The van der Waals surface area contributed by atoms with Gasteiger partial charge in [-0.25, -0.2) is 0 Å². The summed E-state index contributed by atoms with van der Waals surface area (Å²) in [5.74, 6) is 0. The Kier molecular flexibility index (Phi) is 4.00. The molecule has 216 valence electrons. The predicted octanol–water partition coefficient (Wildman–Crippen LogP) is 13.8. The molecule has 0 aliphatic heterocycles. The fraction of sp³-hybridized carbons (Fsp3) is 0. The van der Waals surface area contributed by atoms with Gasteiger partial charge in [0.15, 0.2) is 0 Å². The van der Waals surface area contributed by atoms with Crippen molar-refractivity contribution in [2.75, 3.05) is 0 Å². The van der Waals surface area contributed by atoms with E-state index in [1.165, 1.54) is 129 Å². The van der Waals surface area contributed by atoms with E-state index in [2.05, 4.69) is 146 Å². The predicted molar refractivity (Wildman–Crippen MR) is 210 cm³/mol. The van der Waals surface area contributed by atoms with Crippen molar-refractivity contribution in [3.63, 3.8) is 0 Å². The van der Waals surface area contributed by atoms with Crippen molar-refractivity contribution in [1.82, 2.24) is 0 Å². The Hall–Kier alpha value is -6.24. The molecule has 0 aliphatic rings. The summed E-state index contributed by atoms with van der Waals surface area (Å²) in [5.41, 5.74) is 0. The third-order valence-electron chi connectivity index (χ3n) is 11.8. The first-order valence-electron chi connectivity index (χ1n) is 17.0. The zero-order valence-electron chi connectivity index (χ0n) is 25.9. The van der Waals surface area contributed by atoms with Crippen molar-refractivity contribution in [1.29, 1.82) is 0 Å². The maximum Gasteiger partial charge on any atom is -0.0000476 e. The molecule has 0 radical (unpaired) electrons. The van der Waals surface area contributed by atoms with Gasteiger partial charge in [-0.2, -0.15) is 0 Å². The summed E-state index contributed by atoms with van der Waals surface area (Å²) < 4.78 is 0. The number of benzene rings is 13. The highest BCUT2D eigenvalue weighted by Crippen LogP contribution is 2.59. The first kappa shape index (κ1) is 24.0. The minimum Gasteiger partial charge on any atom is -0.0616 e. The van der Waals surface area contributed by atoms with Gasteiger partial charge in [0.25, 0.3) is 0 Å². The molecule has 0 saturated heterocycles. The van der Waals surface area contributed by atoms with E-state index in [1.54, 1.807) is 0 Å². The van der Waals surface area contributed by atoms with Gasteiger partial charge in [0.05, 0.1) is 0 Å². The second-order valence-electron chi connectivity index (χ2n) is 13.8. The summed E-state index contributed by atoms with van der Waals surface area (Å²) in [6.07, 6.45) is 0. The molecule has 0 unspecified atom stereocenters. The lowest BCUT2D eigenvalue weighted by molar-refractivity contribution is 1.79. The molecule has 13 rings (SSSR count). The van der Waals surface area contributed by atoms with E-state index in [1.807, 2.05) is 0 Å². The molecule has 0 aromatic heterocycles. The van der Waals surface area contributed by atoms with Crippen molar-refractivity contribution in [3.05, 3.63) is 146 Å². The highest BCUT2D eigenvalue weighted by atomic mass is 14.3. The van der Waals surface area contributed by atoms with Crippen molar-refractivity contribution < 1.29 is 0 Å². The Morgan fingerprint density at radius 2 is 0.229 bits per heavy atom. The van der Waals surface area contributed by atoms with Crippen LogP contribution in [0.2, 0.25) is 0 Å². The van der Waals surface area contributed by atoms with Gasteiger partial charge in [-0.3, -0.25) is 0 Å². The van der Waals surface area contributed by atoms with Crippen LogP contribution in [0.15, 0.2) is 146 Å². The number of hydrogen-bond donors (Lipinski definition) is 0. The van der Waals surface area contributed by atoms with E-state index in [0.29, 0.717) is 0 Å². The van der Waals surface area contributed by atoms with Crippen LogP contribution in [-0.2, 0) is 0 Å². The van der Waals surface area contributed by atoms with Gasteiger partial charge in [-0.05, 0) is 129 Å². The summed E-state index contributed by atoms with van der Waals surface area (Å²) >= 11 is 0. The summed E-state index contributed by atoms with van der Waals surface area (Å²) in [4.78, 5) is 0. The van der Waals surface area contributed by atoms with Crippen molar-refractivity contribution in [3.8, 4) is 0 Å². The van der Waals surface area contributed by atoms with Crippen LogP contribution in [0.25, 0.3) is 129 Å². The molecule has 0 heterocycles. The van der Waals surface area contributed by atoms with Crippen LogP contribution < -0.4 is 0 Å². The SMILES string of the molecule is c1ccc2c(c1)c1c3ccccc3c3c4ccccc4c4c5ccccc5c5c6ccccc6c6c7ccccc7c2c2c1c3c4c5c62. The molecular weight excluding hydrogens is 577 g/mol. The topological polar surface area (TPSA) is 0 Å². The third kappa shape index (κ3) is 2.46. The van der Waals surface area contributed by atoms with E-state index in [0.717, 1.165) is 0 Å². The quantitative estimate of drug-likeness (QED) is 0.120. The number of rotatable bonds is 0. The van der Waals surface area contributed by atoms with Crippen LogP contribution >= 0.6 is 0 Å². The molecule has 0 amide bonds. The van der Waals surface area contributed by atoms with E-state index in [-0.39, 0.29) is 0 Å². The normalized spacial score (nSPS) is 13.0. The zero-order valence-corrected chi connectivity index (χ0v) is 25.9. The summed E-state index contributed by atoms with van der Waals surface area (Å²) in [6, 6.07) is 55.1. The van der Waals surface area contributed by atoms with Crippen molar-refractivity contribution >= 4 is 129 Å². The second kappa shape index (κ2) is 8.00. The summed E-state index contributed by atoms with van der Waals surface area (Å²) in [6.45, 7) is 0. The van der Waals surface area contributed by atoms with Gasteiger partial charge in [0.1, 0.15) is 0 Å². The summed E-state index contributed by atoms with van der Waals surface area (Å²) in [5, 5.41) is 32.9. The van der Waals surface area contributed by atoms with Crippen LogP contribution in [0.1, 0.15) is 0 Å². The highest BCUT2D eigenvalue weighted by molar-refractivity contribution is 6.60. The van der Waals surface area contributed by atoms with Gasteiger partial charge in [0.2, 0.25) is 0 Å². The molecule has 0 nitrogen and oxygen atoms in total. The molecule has 0 spiro atoms. The van der Waals surface area contributed by atoms with E-state index < -0.39 is 0 Å². The van der Waals surface area contributed by atoms with Crippen LogP contribution in [-0.4, -0.2) is 0 Å². The number of fused-ring (bicyclic) bond motifs is 18. The average molecular weight is 601 g/mol. The van der Waals surface area contributed by atoms with Crippen LogP contribution in [0.5, 0.6) is 0 Å². The monoisotopic (exact) mass is 600 g/mol. The Balaban J connectivity index is 1.62. The minimum atomic E-state index is 1.34. The van der Waals surface area contributed by atoms with E-state index >= 15 is 0 Å². The maximum absolute atomic E-state index is 2.37. The highest BCUT2D eigenvalue weighted by Gasteiger charge is 2.30. The molecule has 0 saturated carbocycles. The lowest BCUT2D eigenvalue weighted by Gasteiger charge is -2.28. The molecule has 0 fully saturated rings. The van der Waals surface area contributed by atoms with Crippen LogP contribution in [0.4, 0.5) is 0 Å². The lowest BCUT2D eigenvalue weighted by atomic mass is 9.74. The molecule has 48 heavy (non-hydrogen) atoms. The Bertz CT molecular complexity index is 2730. The van der Waals surface area contributed by atoms with E-state index in [4.69, 9.17) is 0 Å². The fourth-order valence-corrected chi connectivity index (χ4v) is 10.3. The van der Waals surface area contributed by atoms with Gasteiger partial charge >= 0.3 is 0 Å². The first-order valence-corrected chi connectivity index (χ1v) is 17.0. The smallest absolute Gasteiger partial charge is 0.0000476 e. The molecule has 0 atom stereocenters. The van der Waals surface area contributed by atoms with Crippen LogP contribution in [0, 0.1) is 0 Å². The van der Waals surface area contributed by atoms with Crippen molar-refractivity contribution in [2.45, 2.75) is 0 Å². The Morgan fingerprint density at radius 1 is 0.125 bits per heavy atom. The molecule has 0 heteroatoms. The van der Waals surface area contributed by atoms with Gasteiger partial charge in [-0.15, -0.1) is 0 Å². The third-order valence-corrected chi connectivity index (χ3v) is 11.8. The largest absolute Gasteiger partial charge is 0.0616 e. The maximum atomic E-state index is 2.37. The fourth-order valence-electron chi connectivity index (χ4n) is 10.3. The van der Waals surface area contributed by atoms with Crippen molar-refractivity contribution in [2.24, 2.45) is 0 Å². The molecule has 0 bridgehead atoms. The first-order chi connectivity index (χ1) is 23.9. The Morgan fingerprint density at radius 3 is 0.333 bits per heavy atom. The standard InChI is InChI=1S/C48H24/c1-2-14-26-25(13-1)37-27-15-3-4-16-28(27)39-31-19-7-8-20-32(31)41-34-22-10-12-24-36(34)42-35-23-11-9-21-33(35)40-30-18-6-5-17-29(30)38(26)44-43(37)45(39)47(41)48(42)46(40)44/h1-24H. The van der Waals surface area contributed by atoms with Gasteiger partial charge in [0, 0.05) is 0 Å².